The summed E-state index contributed by atoms with van der Waals surface area (Å²) in [5.74, 6) is 0.855. The first-order valence-electron chi connectivity index (χ1n) is 8.97. The van der Waals surface area contributed by atoms with Gasteiger partial charge in [-0.05, 0) is 55.9 Å². The molecule has 0 spiro atoms. The molecule has 2 fully saturated rings. The maximum atomic E-state index is 12.6. The summed E-state index contributed by atoms with van der Waals surface area (Å²) in [6.07, 6.45) is 8.66. The molecule has 1 heterocycles. The highest BCUT2D eigenvalue weighted by molar-refractivity contribution is 5.92. The van der Waals surface area contributed by atoms with Crippen LogP contribution in [0.25, 0.3) is 0 Å². The molecule has 5 nitrogen and oxygen atoms in total. The van der Waals surface area contributed by atoms with Crippen LogP contribution in [0.4, 0.5) is 0 Å². The number of likely N-dealkylation sites (tertiary alicyclic amines) is 1. The Morgan fingerprint density at radius 1 is 1.04 bits per heavy atom. The monoisotopic (exact) mass is 330 g/mol. The lowest BCUT2D eigenvalue weighted by molar-refractivity contribution is -0.135. The standard InChI is InChI=1S/C19H26N2O3/c20-19(23)15-8-10-16(11-9-15)24-13-18(22)21-12-4-7-17(21)14-5-2-1-3-6-14/h8-11,14,17H,1-7,12-13H2,(H2,20,23)/t17-/m0/s1. The Bertz CT molecular complexity index is 579. The molecule has 1 aromatic carbocycles. The summed E-state index contributed by atoms with van der Waals surface area (Å²) >= 11 is 0. The number of primary amides is 1. The summed E-state index contributed by atoms with van der Waals surface area (Å²) in [4.78, 5) is 25.7. The van der Waals surface area contributed by atoms with Gasteiger partial charge in [0.2, 0.25) is 5.91 Å². The van der Waals surface area contributed by atoms with Gasteiger partial charge < -0.3 is 15.4 Å². The van der Waals surface area contributed by atoms with E-state index in [9.17, 15) is 9.59 Å². The van der Waals surface area contributed by atoms with E-state index in [0.717, 1.165) is 19.4 Å². The largest absolute Gasteiger partial charge is 0.484 e. The summed E-state index contributed by atoms with van der Waals surface area (Å²) in [5, 5.41) is 0. The molecule has 1 saturated heterocycles. The minimum Gasteiger partial charge on any atom is -0.484 e. The van der Waals surface area contributed by atoms with E-state index < -0.39 is 5.91 Å². The first kappa shape index (κ1) is 16.8. The molecule has 0 bridgehead atoms. The van der Waals surface area contributed by atoms with Gasteiger partial charge >= 0.3 is 0 Å². The second-order valence-electron chi connectivity index (χ2n) is 6.87. The highest BCUT2D eigenvalue weighted by atomic mass is 16.5. The van der Waals surface area contributed by atoms with Crippen molar-refractivity contribution >= 4 is 11.8 Å². The van der Waals surface area contributed by atoms with Crippen molar-refractivity contribution in [1.82, 2.24) is 4.90 Å². The highest BCUT2D eigenvalue weighted by Crippen LogP contribution is 2.34. The minimum atomic E-state index is -0.468. The summed E-state index contributed by atoms with van der Waals surface area (Å²) in [6.45, 7) is 0.906. The maximum Gasteiger partial charge on any atom is 0.260 e. The molecule has 0 unspecified atom stereocenters. The van der Waals surface area contributed by atoms with Crippen molar-refractivity contribution < 1.29 is 14.3 Å². The van der Waals surface area contributed by atoms with E-state index in [2.05, 4.69) is 0 Å². The SMILES string of the molecule is NC(=O)c1ccc(OCC(=O)N2CCC[C@H]2C2CCCCC2)cc1. The van der Waals surface area contributed by atoms with Crippen LogP contribution in [0.2, 0.25) is 0 Å². The van der Waals surface area contributed by atoms with Gasteiger partial charge in [0.1, 0.15) is 5.75 Å². The second-order valence-corrected chi connectivity index (χ2v) is 6.87. The third-order valence-electron chi connectivity index (χ3n) is 5.31. The van der Waals surface area contributed by atoms with Gasteiger partial charge in [0.15, 0.2) is 6.61 Å². The fourth-order valence-corrected chi connectivity index (χ4v) is 4.05. The predicted octanol–water partition coefficient (Wildman–Crippen LogP) is 2.74. The fraction of sp³-hybridized carbons (Fsp3) is 0.579. The van der Waals surface area contributed by atoms with Crippen molar-refractivity contribution in [3.8, 4) is 5.75 Å². The molecule has 1 atom stereocenters. The molecule has 1 aliphatic heterocycles. The number of rotatable bonds is 5. The lowest BCUT2D eigenvalue weighted by atomic mass is 9.83. The molecular formula is C19H26N2O3. The van der Waals surface area contributed by atoms with Gasteiger partial charge in [0.05, 0.1) is 0 Å². The summed E-state index contributed by atoms with van der Waals surface area (Å²) in [6, 6.07) is 6.98. The predicted molar refractivity (Wildman–Crippen MR) is 91.8 cm³/mol. The molecule has 0 aromatic heterocycles. The number of nitrogens with two attached hydrogens (primary N) is 1. The van der Waals surface area contributed by atoms with Gasteiger partial charge in [-0.15, -0.1) is 0 Å². The number of ether oxygens (including phenoxy) is 1. The Balaban J connectivity index is 1.54. The first-order chi connectivity index (χ1) is 11.6. The van der Waals surface area contributed by atoms with Crippen molar-refractivity contribution in [2.24, 2.45) is 11.7 Å². The number of hydrogen-bond acceptors (Lipinski definition) is 3. The van der Waals surface area contributed by atoms with Gasteiger partial charge in [0, 0.05) is 18.2 Å². The molecule has 1 saturated carbocycles. The van der Waals surface area contributed by atoms with Crippen molar-refractivity contribution in [2.75, 3.05) is 13.2 Å². The zero-order chi connectivity index (χ0) is 16.9. The Labute approximate surface area is 143 Å². The molecule has 130 valence electrons. The molecule has 5 heteroatoms. The van der Waals surface area contributed by atoms with Crippen LogP contribution in [0.3, 0.4) is 0 Å². The highest BCUT2D eigenvalue weighted by Gasteiger charge is 2.35. The Morgan fingerprint density at radius 3 is 2.42 bits per heavy atom. The van der Waals surface area contributed by atoms with Crippen LogP contribution >= 0.6 is 0 Å². The van der Waals surface area contributed by atoms with Crippen LogP contribution in [0.1, 0.15) is 55.3 Å². The van der Waals surface area contributed by atoms with E-state index in [1.54, 1.807) is 24.3 Å². The van der Waals surface area contributed by atoms with Crippen LogP contribution in [0.15, 0.2) is 24.3 Å². The van der Waals surface area contributed by atoms with Gasteiger partial charge in [-0.3, -0.25) is 9.59 Å². The van der Waals surface area contributed by atoms with E-state index in [1.807, 2.05) is 4.90 Å². The van der Waals surface area contributed by atoms with Crippen LogP contribution in [0.5, 0.6) is 5.75 Å². The van der Waals surface area contributed by atoms with Gasteiger partial charge in [-0.25, -0.2) is 0 Å². The molecule has 0 radical (unpaired) electrons. The fourth-order valence-electron chi connectivity index (χ4n) is 4.05. The molecule has 24 heavy (non-hydrogen) atoms. The molecule has 2 amide bonds. The average molecular weight is 330 g/mol. The van der Waals surface area contributed by atoms with Crippen LogP contribution < -0.4 is 10.5 Å². The molecule has 1 aromatic rings. The Hall–Kier alpha value is -2.04. The van der Waals surface area contributed by atoms with E-state index in [0.29, 0.717) is 23.3 Å². The van der Waals surface area contributed by atoms with Crippen LogP contribution in [-0.2, 0) is 4.79 Å². The molecule has 1 aliphatic carbocycles. The maximum absolute atomic E-state index is 12.6. The Kier molecular flexibility index (Phi) is 5.38. The summed E-state index contributed by atoms with van der Waals surface area (Å²) in [7, 11) is 0. The normalized spacial score (nSPS) is 21.7. The van der Waals surface area contributed by atoms with E-state index >= 15 is 0 Å². The summed E-state index contributed by atoms with van der Waals surface area (Å²) < 4.78 is 5.61. The first-order valence-corrected chi connectivity index (χ1v) is 8.97. The number of benzene rings is 1. The molecular weight excluding hydrogens is 304 g/mol. The van der Waals surface area contributed by atoms with Crippen LogP contribution in [0, 0.1) is 5.92 Å². The van der Waals surface area contributed by atoms with E-state index in [1.165, 1.54) is 32.1 Å². The number of hydrogen-bond donors (Lipinski definition) is 1. The lowest BCUT2D eigenvalue weighted by Gasteiger charge is -2.34. The minimum absolute atomic E-state index is 0.0547. The lowest BCUT2D eigenvalue weighted by Crippen LogP contribution is -2.43. The molecule has 2 aliphatic rings. The number of carbonyl (C=O) groups excluding carboxylic acids is 2. The van der Waals surface area contributed by atoms with Gasteiger partial charge in [0.25, 0.3) is 5.91 Å². The number of carbonyl (C=O) groups is 2. The molecule has 3 rings (SSSR count). The van der Waals surface area contributed by atoms with Crippen LogP contribution in [-0.4, -0.2) is 35.9 Å². The Morgan fingerprint density at radius 2 is 1.75 bits per heavy atom. The smallest absolute Gasteiger partial charge is 0.260 e. The summed E-state index contributed by atoms with van der Waals surface area (Å²) in [5.41, 5.74) is 5.65. The quantitative estimate of drug-likeness (QED) is 0.902. The topological polar surface area (TPSA) is 72.6 Å². The number of amides is 2. The molecule has 2 N–H and O–H groups in total. The third kappa shape index (κ3) is 3.89. The van der Waals surface area contributed by atoms with Crippen molar-refractivity contribution in [3.05, 3.63) is 29.8 Å². The zero-order valence-corrected chi connectivity index (χ0v) is 14.1. The number of nitrogens with zero attached hydrogens (tertiary/aromatic N) is 1. The van der Waals surface area contributed by atoms with Crippen molar-refractivity contribution in [3.63, 3.8) is 0 Å². The third-order valence-corrected chi connectivity index (χ3v) is 5.31. The average Bonchev–Trinajstić information content (AvgIpc) is 3.10. The van der Waals surface area contributed by atoms with Crippen molar-refractivity contribution in [1.29, 1.82) is 0 Å². The van der Waals surface area contributed by atoms with Crippen molar-refractivity contribution in [2.45, 2.75) is 51.0 Å². The zero-order valence-electron chi connectivity index (χ0n) is 14.1. The second kappa shape index (κ2) is 7.69. The van der Waals surface area contributed by atoms with E-state index in [4.69, 9.17) is 10.5 Å². The van der Waals surface area contributed by atoms with Gasteiger partial charge in [-0.2, -0.15) is 0 Å². The van der Waals surface area contributed by atoms with E-state index in [-0.39, 0.29) is 12.5 Å². The van der Waals surface area contributed by atoms with Gasteiger partial charge in [-0.1, -0.05) is 19.3 Å².